The van der Waals surface area contributed by atoms with Gasteiger partial charge in [0.05, 0.1) is 5.57 Å². The van der Waals surface area contributed by atoms with Gasteiger partial charge in [0.1, 0.15) is 0 Å². The fourth-order valence-corrected chi connectivity index (χ4v) is 1.87. The highest BCUT2D eigenvalue weighted by atomic mass is 19.4. The molecule has 1 fully saturated rings. The second kappa shape index (κ2) is 3.58. The van der Waals surface area contributed by atoms with Gasteiger partial charge in [-0.05, 0) is 31.8 Å². The first kappa shape index (κ1) is 10.6. The molecule has 0 radical (unpaired) electrons. The lowest BCUT2D eigenvalue weighted by Gasteiger charge is -2.29. The van der Waals surface area contributed by atoms with Crippen LogP contribution in [0, 0.1) is 5.92 Å². The minimum Gasteiger partial charge on any atom is -0.371 e. The summed E-state index contributed by atoms with van der Waals surface area (Å²) < 4.78 is 36.9. The Hall–Kier alpha value is -0.930. The molecule has 0 aromatic carbocycles. The summed E-state index contributed by atoms with van der Waals surface area (Å²) in [5.74, 6) is 0.676. The average Bonchev–Trinajstić information content (AvgIpc) is 2.99. The van der Waals surface area contributed by atoms with E-state index in [9.17, 15) is 13.2 Å². The molecule has 0 aromatic heterocycles. The van der Waals surface area contributed by atoms with Crippen molar-refractivity contribution < 1.29 is 13.2 Å². The summed E-state index contributed by atoms with van der Waals surface area (Å²) >= 11 is 0. The van der Waals surface area contributed by atoms with E-state index >= 15 is 0 Å². The van der Waals surface area contributed by atoms with Crippen LogP contribution in [-0.4, -0.2) is 23.7 Å². The monoisotopic (exact) mass is 217 g/mol. The zero-order valence-corrected chi connectivity index (χ0v) is 8.59. The molecule has 1 heterocycles. The summed E-state index contributed by atoms with van der Waals surface area (Å²) in [5.41, 5.74) is -0.526. The Balaban J connectivity index is 1.97. The van der Waals surface area contributed by atoms with Gasteiger partial charge < -0.3 is 4.90 Å². The van der Waals surface area contributed by atoms with Crippen LogP contribution in [0.1, 0.15) is 19.8 Å². The SMILES string of the molecule is CC(C1CC1)N1C=CC(C(F)(F)F)=CC1. The second-order valence-corrected chi connectivity index (χ2v) is 4.25. The molecule has 2 aliphatic rings. The van der Waals surface area contributed by atoms with Gasteiger partial charge in [0, 0.05) is 18.8 Å². The van der Waals surface area contributed by atoms with Crippen LogP contribution in [0.3, 0.4) is 0 Å². The van der Waals surface area contributed by atoms with Crippen molar-refractivity contribution in [1.82, 2.24) is 4.90 Å². The van der Waals surface area contributed by atoms with Crippen LogP contribution in [0.25, 0.3) is 0 Å². The summed E-state index contributed by atoms with van der Waals surface area (Å²) in [7, 11) is 0. The molecule has 2 rings (SSSR count). The van der Waals surface area contributed by atoms with Crippen LogP contribution in [0.15, 0.2) is 23.9 Å². The van der Waals surface area contributed by atoms with Crippen LogP contribution in [0.4, 0.5) is 13.2 Å². The van der Waals surface area contributed by atoms with Gasteiger partial charge in [0.25, 0.3) is 0 Å². The minimum absolute atomic E-state index is 0.368. The van der Waals surface area contributed by atoms with Crippen molar-refractivity contribution in [2.45, 2.75) is 32.0 Å². The highest BCUT2D eigenvalue weighted by molar-refractivity contribution is 5.27. The largest absolute Gasteiger partial charge is 0.416 e. The van der Waals surface area contributed by atoms with E-state index < -0.39 is 11.7 Å². The van der Waals surface area contributed by atoms with Crippen molar-refractivity contribution in [3.8, 4) is 0 Å². The molecule has 4 heteroatoms. The zero-order valence-electron chi connectivity index (χ0n) is 8.59. The van der Waals surface area contributed by atoms with E-state index in [1.54, 1.807) is 6.20 Å². The molecule has 1 unspecified atom stereocenters. The lowest BCUT2D eigenvalue weighted by atomic mass is 10.1. The standard InChI is InChI=1S/C11H14F3N/c1-8(9-2-3-9)15-6-4-10(5-7-15)11(12,13)14/h4-6,8-9H,2-3,7H2,1H3. The summed E-state index contributed by atoms with van der Waals surface area (Å²) in [6.45, 7) is 2.46. The van der Waals surface area contributed by atoms with Crippen molar-refractivity contribution in [1.29, 1.82) is 0 Å². The fraction of sp³-hybridized carbons (Fsp3) is 0.636. The van der Waals surface area contributed by atoms with Gasteiger partial charge in [-0.1, -0.05) is 6.08 Å². The predicted octanol–water partition coefficient (Wildman–Crippen LogP) is 3.10. The number of hydrogen-bond donors (Lipinski definition) is 0. The smallest absolute Gasteiger partial charge is 0.371 e. The molecular formula is C11H14F3N. The molecule has 1 saturated carbocycles. The third-order valence-electron chi connectivity index (χ3n) is 3.12. The second-order valence-electron chi connectivity index (χ2n) is 4.25. The van der Waals surface area contributed by atoms with Gasteiger partial charge in [0.2, 0.25) is 0 Å². The van der Waals surface area contributed by atoms with Crippen LogP contribution >= 0.6 is 0 Å². The van der Waals surface area contributed by atoms with Crippen LogP contribution in [-0.2, 0) is 0 Å². The molecular weight excluding hydrogens is 203 g/mol. The van der Waals surface area contributed by atoms with Crippen LogP contribution < -0.4 is 0 Å². The van der Waals surface area contributed by atoms with Gasteiger partial charge in [-0.2, -0.15) is 13.2 Å². The maximum absolute atomic E-state index is 12.3. The van der Waals surface area contributed by atoms with Crippen LogP contribution in [0.5, 0.6) is 0 Å². The van der Waals surface area contributed by atoms with Gasteiger partial charge >= 0.3 is 6.18 Å². The third kappa shape index (κ3) is 2.36. The van der Waals surface area contributed by atoms with Gasteiger partial charge in [-0.25, -0.2) is 0 Å². The Morgan fingerprint density at radius 3 is 2.47 bits per heavy atom. The molecule has 1 aliphatic carbocycles. The lowest BCUT2D eigenvalue weighted by Crippen LogP contribution is -2.32. The summed E-state index contributed by atoms with van der Waals surface area (Å²) in [6.07, 6.45) is 2.22. The molecule has 0 amide bonds. The Labute approximate surface area is 87.3 Å². The predicted molar refractivity (Wildman–Crippen MR) is 52.2 cm³/mol. The Bertz CT molecular complexity index is 299. The number of hydrogen-bond acceptors (Lipinski definition) is 1. The van der Waals surface area contributed by atoms with E-state index in [0.717, 1.165) is 0 Å². The molecule has 84 valence electrons. The quantitative estimate of drug-likeness (QED) is 0.687. The lowest BCUT2D eigenvalue weighted by molar-refractivity contribution is -0.0889. The van der Waals surface area contributed by atoms with Crippen molar-refractivity contribution >= 4 is 0 Å². The number of allylic oxidation sites excluding steroid dienone is 2. The third-order valence-corrected chi connectivity index (χ3v) is 3.12. The van der Waals surface area contributed by atoms with Crippen molar-refractivity contribution in [2.75, 3.05) is 6.54 Å². The fourth-order valence-electron chi connectivity index (χ4n) is 1.87. The maximum Gasteiger partial charge on any atom is 0.416 e. The van der Waals surface area contributed by atoms with E-state index in [-0.39, 0.29) is 0 Å². The Morgan fingerprint density at radius 1 is 1.40 bits per heavy atom. The Kier molecular flexibility index (Phi) is 2.52. The normalized spacial score (nSPS) is 24.0. The molecule has 0 bridgehead atoms. The van der Waals surface area contributed by atoms with Gasteiger partial charge in [-0.15, -0.1) is 0 Å². The summed E-state index contributed by atoms with van der Waals surface area (Å²) in [6, 6.07) is 0.368. The number of nitrogens with zero attached hydrogens (tertiary/aromatic N) is 1. The first-order valence-electron chi connectivity index (χ1n) is 5.20. The molecule has 0 aromatic rings. The number of rotatable bonds is 2. The van der Waals surface area contributed by atoms with E-state index in [2.05, 4.69) is 6.92 Å². The molecule has 15 heavy (non-hydrogen) atoms. The minimum atomic E-state index is -4.20. The van der Waals surface area contributed by atoms with E-state index in [1.807, 2.05) is 4.90 Å². The van der Waals surface area contributed by atoms with Gasteiger partial charge in [0.15, 0.2) is 0 Å². The van der Waals surface area contributed by atoms with E-state index in [4.69, 9.17) is 0 Å². The highest BCUT2D eigenvalue weighted by Crippen LogP contribution is 2.36. The zero-order chi connectivity index (χ0) is 11.1. The summed E-state index contributed by atoms with van der Waals surface area (Å²) in [4.78, 5) is 1.98. The molecule has 0 N–H and O–H groups in total. The molecule has 1 aliphatic heterocycles. The highest BCUT2D eigenvalue weighted by Gasteiger charge is 2.35. The van der Waals surface area contributed by atoms with Crippen LogP contribution in [0.2, 0.25) is 0 Å². The Morgan fingerprint density at radius 2 is 2.07 bits per heavy atom. The van der Waals surface area contributed by atoms with Crippen molar-refractivity contribution in [3.05, 3.63) is 23.9 Å². The van der Waals surface area contributed by atoms with E-state index in [0.29, 0.717) is 18.5 Å². The topological polar surface area (TPSA) is 3.24 Å². The van der Waals surface area contributed by atoms with Crippen molar-refractivity contribution in [2.24, 2.45) is 5.92 Å². The van der Waals surface area contributed by atoms with E-state index in [1.165, 1.54) is 25.0 Å². The first-order chi connectivity index (χ1) is 6.98. The van der Waals surface area contributed by atoms with Crippen molar-refractivity contribution in [3.63, 3.8) is 0 Å². The molecule has 1 nitrogen and oxygen atoms in total. The number of alkyl halides is 3. The molecule has 1 atom stereocenters. The first-order valence-corrected chi connectivity index (χ1v) is 5.20. The molecule has 0 saturated heterocycles. The molecule has 0 spiro atoms. The summed E-state index contributed by atoms with van der Waals surface area (Å²) in [5, 5.41) is 0. The number of halogens is 3. The van der Waals surface area contributed by atoms with Gasteiger partial charge in [-0.3, -0.25) is 0 Å². The average molecular weight is 217 g/mol. The maximum atomic E-state index is 12.3.